The molecule has 0 unspecified atom stereocenters. The number of amides is 1. The van der Waals surface area contributed by atoms with Crippen LogP contribution in [0.2, 0.25) is 0 Å². The fraction of sp³-hybridized carbons (Fsp3) is 0.750. The Labute approximate surface area is 79.6 Å². The summed E-state index contributed by atoms with van der Waals surface area (Å²) in [7, 11) is -8.59. The molecule has 0 atom stereocenters. The Morgan fingerprint density at radius 2 is 1.57 bits per heavy atom. The van der Waals surface area contributed by atoms with E-state index in [1.165, 1.54) is 0 Å². The third kappa shape index (κ3) is 9.85. The molecule has 0 spiro atoms. The zero-order valence-corrected chi connectivity index (χ0v) is 8.82. The van der Waals surface area contributed by atoms with E-state index in [4.69, 9.17) is 19.6 Å². The zero-order valence-electron chi connectivity index (χ0n) is 7.03. The van der Waals surface area contributed by atoms with Crippen molar-refractivity contribution in [3.63, 3.8) is 0 Å². The summed E-state index contributed by atoms with van der Waals surface area (Å²) in [6, 6.07) is 0. The van der Waals surface area contributed by atoms with Crippen LogP contribution in [0, 0.1) is 0 Å². The molecule has 1 amide bonds. The Bertz CT molecular complexity index is 290. The lowest BCUT2D eigenvalue weighted by Gasteiger charge is -2.06. The summed E-state index contributed by atoms with van der Waals surface area (Å²) in [6.07, 6.45) is -1.53. The molecule has 0 fully saturated rings. The maximum atomic E-state index is 10.7. The Hall–Kier alpha value is -0.230. The molecule has 0 rings (SSSR count). The van der Waals surface area contributed by atoms with Gasteiger partial charge in [0.2, 0.25) is 5.91 Å². The van der Waals surface area contributed by atoms with Crippen molar-refractivity contribution in [3.8, 4) is 0 Å². The van der Waals surface area contributed by atoms with Crippen molar-refractivity contribution in [2.45, 2.75) is 0 Å². The van der Waals surface area contributed by atoms with Gasteiger partial charge in [0.25, 0.3) is 0 Å². The highest BCUT2D eigenvalue weighted by Gasteiger charge is 2.19. The lowest BCUT2D eigenvalue weighted by molar-refractivity contribution is -0.118. The van der Waals surface area contributed by atoms with Crippen molar-refractivity contribution in [2.75, 3.05) is 18.9 Å². The molecule has 0 aromatic carbocycles. The summed E-state index contributed by atoms with van der Waals surface area (Å²) in [5.74, 6) is -0.938. The first-order valence-corrected chi connectivity index (χ1v) is 7.05. The van der Waals surface area contributed by atoms with E-state index in [2.05, 4.69) is 0 Å². The molecule has 5 N–H and O–H groups in total. The van der Waals surface area contributed by atoms with Crippen LogP contribution in [0.1, 0.15) is 0 Å². The van der Waals surface area contributed by atoms with Gasteiger partial charge in [-0.3, -0.25) is 13.9 Å². The average molecular weight is 247 g/mol. The Balaban J connectivity index is 3.77. The quantitative estimate of drug-likeness (QED) is 0.370. The molecule has 0 saturated carbocycles. The molecule has 0 bridgehead atoms. The number of hydrogen-bond acceptors (Lipinski definition) is 3. The van der Waals surface area contributed by atoms with Crippen LogP contribution in [-0.4, -0.2) is 44.3 Å². The van der Waals surface area contributed by atoms with E-state index in [-0.39, 0.29) is 6.54 Å². The van der Waals surface area contributed by atoms with Crippen LogP contribution in [0.4, 0.5) is 0 Å². The summed E-state index contributed by atoms with van der Waals surface area (Å²) in [5, 5.41) is 1.97. The van der Waals surface area contributed by atoms with E-state index < -0.39 is 33.4 Å². The maximum Gasteiger partial charge on any atom is 0.334 e. The standard InChI is InChI=1S/C4H11NO7P2/c6-4(3-14(10,11)12)5-1-2-13(7,8)9/h1-3H2,(H,5,6)(H2,7,8,9)(H2,10,11,12). The van der Waals surface area contributed by atoms with E-state index in [9.17, 15) is 13.9 Å². The largest absolute Gasteiger partial charge is 0.355 e. The minimum absolute atomic E-state index is 0.316. The van der Waals surface area contributed by atoms with E-state index in [0.29, 0.717) is 0 Å². The fourth-order valence-corrected chi connectivity index (χ4v) is 1.47. The van der Waals surface area contributed by atoms with Crippen molar-refractivity contribution in [2.24, 2.45) is 0 Å². The summed E-state index contributed by atoms with van der Waals surface area (Å²) >= 11 is 0. The molecule has 0 aromatic heterocycles. The Morgan fingerprint density at radius 3 is 1.93 bits per heavy atom. The molecule has 0 aliphatic carbocycles. The highest BCUT2D eigenvalue weighted by atomic mass is 31.2. The highest BCUT2D eigenvalue weighted by molar-refractivity contribution is 7.52. The third-order valence-electron chi connectivity index (χ3n) is 1.07. The third-order valence-corrected chi connectivity index (χ3v) is 2.58. The van der Waals surface area contributed by atoms with Crippen LogP contribution in [-0.2, 0) is 13.9 Å². The molecule has 0 aliphatic heterocycles. The minimum Gasteiger partial charge on any atom is -0.355 e. The average Bonchev–Trinajstić information content (AvgIpc) is 1.78. The van der Waals surface area contributed by atoms with Gasteiger partial charge in [0.15, 0.2) is 0 Å². The smallest absolute Gasteiger partial charge is 0.334 e. The van der Waals surface area contributed by atoms with Gasteiger partial charge in [-0.2, -0.15) is 0 Å². The molecule has 14 heavy (non-hydrogen) atoms. The van der Waals surface area contributed by atoms with Crippen molar-refractivity contribution in [3.05, 3.63) is 0 Å². The van der Waals surface area contributed by atoms with Gasteiger partial charge in [-0.25, -0.2) is 0 Å². The Morgan fingerprint density at radius 1 is 1.07 bits per heavy atom. The molecule has 0 radical (unpaired) electrons. The molecular formula is C4H11NO7P2. The van der Waals surface area contributed by atoms with Crippen molar-refractivity contribution in [1.29, 1.82) is 0 Å². The van der Waals surface area contributed by atoms with Crippen LogP contribution in [0.5, 0.6) is 0 Å². The van der Waals surface area contributed by atoms with E-state index in [0.717, 1.165) is 0 Å². The van der Waals surface area contributed by atoms with Crippen LogP contribution in [0.3, 0.4) is 0 Å². The first-order valence-electron chi connectivity index (χ1n) is 3.46. The molecule has 0 aliphatic rings. The molecule has 8 nitrogen and oxygen atoms in total. The maximum absolute atomic E-state index is 10.7. The molecule has 84 valence electrons. The SMILES string of the molecule is O=C(CP(=O)(O)O)NCCP(=O)(O)O. The Kier molecular flexibility index (Phi) is 4.94. The van der Waals surface area contributed by atoms with Crippen LogP contribution < -0.4 is 5.32 Å². The van der Waals surface area contributed by atoms with Gasteiger partial charge < -0.3 is 24.9 Å². The van der Waals surface area contributed by atoms with Crippen LogP contribution in [0.25, 0.3) is 0 Å². The van der Waals surface area contributed by atoms with Gasteiger partial charge in [-0.15, -0.1) is 0 Å². The van der Waals surface area contributed by atoms with Gasteiger partial charge in [0, 0.05) is 6.54 Å². The van der Waals surface area contributed by atoms with E-state index in [1.54, 1.807) is 0 Å². The number of nitrogens with one attached hydrogen (secondary N) is 1. The van der Waals surface area contributed by atoms with Crippen molar-refractivity contribution >= 4 is 21.1 Å². The summed E-state index contributed by atoms with van der Waals surface area (Å²) < 4.78 is 20.6. The zero-order chi connectivity index (χ0) is 11.4. The summed E-state index contributed by atoms with van der Waals surface area (Å²) in [4.78, 5) is 44.1. The van der Waals surface area contributed by atoms with Gasteiger partial charge in [-0.1, -0.05) is 0 Å². The van der Waals surface area contributed by atoms with Crippen LogP contribution in [0.15, 0.2) is 0 Å². The second kappa shape index (κ2) is 5.02. The molecule has 0 aromatic rings. The first-order chi connectivity index (χ1) is 6.10. The van der Waals surface area contributed by atoms with Crippen molar-refractivity contribution < 1.29 is 33.5 Å². The topological polar surface area (TPSA) is 144 Å². The monoisotopic (exact) mass is 247 g/mol. The van der Waals surface area contributed by atoms with Gasteiger partial charge in [-0.05, 0) is 0 Å². The molecule has 0 heterocycles. The number of carbonyl (C=O) groups is 1. The second-order valence-corrected chi connectivity index (χ2v) is 5.98. The van der Waals surface area contributed by atoms with Gasteiger partial charge in [0.1, 0.15) is 6.16 Å². The number of rotatable bonds is 5. The van der Waals surface area contributed by atoms with E-state index >= 15 is 0 Å². The summed E-state index contributed by atoms with van der Waals surface area (Å²) in [5.41, 5.74) is 0. The predicted molar refractivity (Wildman–Crippen MR) is 46.8 cm³/mol. The second-order valence-electron chi connectivity index (χ2n) is 2.56. The van der Waals surface area contributed by atoms with E-state index in [1.807, 2.05) is 5.32 Å². The lowest BCUT2D eigenvalue weighted by Crippen LogP contribution is -2.28. The predicted octanol–water partition coefficient (Wildman–Crippen LogP) is -1.54. The van der Waals surface area contributed by atoms with Crippen LogP contribution >= 0.6 is 15.2 Å². The lowest BCUT2D eigenvalue weighted by atomic mass is 10.6. The first kappa shape index (κ1) is 13.8. The van der Waals surface area contributed by atoms with Crippen molar-refractivity contribution in [1.82, 2.24) is 5.32 Å². The summed E-state index contributed by atoms with van der Waals surface area (Å²) in [6.45, 7) is -0.316. The molecular weight excluding hydrogens is 236 g/mol. The van der Waals surface area contributed by atoms with Gasteiger partial charge in [0.05, 0.1) is 6.16 Å². The highest BCUT2D eigenvalue weighted by Crippen LogP contribution is 2.34. The number of carbonyl (C=O) groups excluding carboxylic acids is 1. The minimum atomic E-state index is -4.41. The normalized spacial score (nSPS) is 12.6. The fourth-order valence-electron chi connectivity index (χ4n) is 0.584. The molecule has 0 saturated heterocycles. The number of hydrogen-bond donors (Lipinski definition) is 5. The molecule has 10 heteroatoms. The van der Waals surface area contributed by atoms with Gasteiger partial charge >= 0.3 is 15.2 Å².